The van der Waals surface area contributed by atoms with E-state index in [1.54, 1.807) is 19.1 Å². The van der Waals surface area contributed by atoms with E-state index in [0.29, 0.717) is 5.75 Å². The maximum absolute atomic E-state index is 12.5. The highest BCUT2D eigenvalue weighted by molar-refractivity contribution is 7.89. The molecule has 28 heavy (non-hydrogen) atoms. The van der Waals surface area contributed by atoms with Crippen molar-refractivity contribution in [1.29, 1.82) is 0 Å². The number of carbonyl (C=O) groups excluding carboxylic acids is 1. The molecule has 2 N–H and O–H groups in total. The molecule has 1 amide bonds. The van der Waals surface area contributed by atoms with Gasteiger partial charge in [0, 0.05) is 0 Å². The van der Waals surface area contributed by atoms with Crippen LogP contribution >= 0.6 is 0 Å². The van der Waals surface area contributed by atoms with Gasteiger partial charge in [0.1, 0.15) is 16.4 Å². The molecule has 0 spiro atoms. The molecule has 0 saturated heterocycles. The molecule has 0 aliphatic heterocycles. The summed E-state index contributed by atoms with van der Waals surface area (Å²) in [6, 6.07) is 10.5. The van der Waals surface area contributed by atoms with Gasteiger partial charge in [-0.15, -0.1) is 4.83 Å². The van der Waals surface area contributed by atoms with Gasteiger partial charge in [0.15, 0.2) is 6.61 Å². The lowest BCUT2D eigenvalue weighted by atomic mass is 10.0. The van der Waals surface area contributed by atoms with Crippen LogP contribution in [0.1, 0.15) is 36.5 Å². The van der Waals surface area contributed by atoms with E-state index in [1.165, 1.54) is 13.2 Å². The van der Waals surface area contributed by atoms with Gasteiger partial charge >= 0.3 is 0 Å². The molecule has 152 valence electrons. The maximum Gasteiger partial charge on any atom is 0.272 e. The largest absolute Gasteiger partial charge is 0.495 e. The molecule has 7 nitrogen and oxygen atoms in total. The van der Waals surface area contributed by atoms with Gasteiger partial charge in [-0.2, -0.15) is 0 Å². The lowest BCUT2D eigenvalue weighted by Gasteiger charge is -2.15. The van der Waals surface area contributed by atoms with Gasteiger partial charge in [-0.1, -0.05) is 32.0 Å². The average Bonchev–Trinajstić information content (AvgIpc) is 2.64. The van der Waals surface area contributed by atoms with Gasteiger partial charge in [0.05, 0.1) is 7.11 Å². The Morgan fingerprint density at radius 1 is 1.04 bits per heavy atom. The van der Waals surface area contributed by atoms with Crippen molar-refractivity contribution in [1.82, 2.24) is 10.3 Å². The van der Waals surface area contributed by atoms with E-state index >= 15 is 0 Å². The van der Waals surface area contributed by atoms with Gasteiger partial charge in [-0.05, 0) is 54.7 Å². The van der Waals surface area contributed by atoms with Crippen LogP contribution in [0.3, 0.4) is 0 Å². The van der Waals surface area contributed by atoms with Crippen LogP contribution in [-0.4, -0.2) is 28.0 Å². The number of benzene rings is 2. The maximum atomic E-state index is 12.5. The number of hydrogen-bond donors (Lipinski definition) is 2. The van der Waals surface area contributed by atoms with Gasteiger partial charge in [0.25, 0.3) is 15.9 Å². The topological polar surface area (TPSA) is 93.7 Å². The summed E-state index contributed by atoms with van der Waals surface area (Å²) in [5.41, 5.74) is 4.90. The molecular formula is C20H26N2O5S. The van der Waals surface area contributed by atoms with Crippen molar-refractivity contribution < 1.29 is 22.7 Å². The number of hydrogen-bond acceptors (Lipinski definition) is 5. The Bertz CT molecular complexity index is 955. The fraction of sp³-hybridized carbons (Fsp3) is 0.350. The fourth-order valence-electron chi connectivity index (χ4n) is 2.60. The summed E-state index contributed by atoms with van der Waals surface area (Å²) in [6.07, 6.45) is 0. The summed E-state index contributed by atoms with van der Waals surface area (Å²) in [5.74, 6) is 0.399. The molecule has 0 heterocycles. The monoisotopic (exact) mass is 406 g/mol. The molecular weight excluding hydrogens is 380 g/mol. The van der Waals surface area contributed by atoms with Crippen molar-refractivity contribution in [3.8, 4) is 11.5 Å². The normalized spacial score (nSPS) is 11.4. The SMILES string of the molecule is COc1ccc(C)cc1S(=O)(=O)NNC(=O)COc1cc(C)ccc1C(C)C. The lowest BCUT2D eigenvalue weighted by molar-refractivity contribution is -0.123. The van der Waals surface area contributed by atoms with Crippen LogP contribution in [0.2, 0.25) is 0 Å². The second-order valence-electron chi connectivity index (χ2n) is 6.79. The third kappa shape index (κ3) is 5.46. The van der Waals surface area contributed by atoms with Crippen LogP contribution in [-0.2, 0) is 14.8 Å². The van der Waals surface area contributed by atoms with E-state index in [4.69, 9.17) is 9.47 Å². The average molecular weight is 407 g/mol. The Hall–Kier alpha value is -2.58. The molecule has 0 atom stereocenters. The number of sulfonamides is 1. The second kappa shape index (κ2) is 9.07. The van der Waals surface area contributed by atoms with Crippen molar-refractivity contribution in [2.24, 2.45) is 0 Å². The van der Waals surface area contributed by atoms with Gasteiger partial charge in [-0.25, -0.2) is 8.42 Å². The predicted molar refractivity (Wildman–Crippen MR) is 107 cm³/mol. The van der Waals surface area contributed by atoms with Crippen molar-refractivity contribution in [2.45, 2.75) is 38.5 Å². The Kier molecular flexibility index (Phi) is 7.04. The van der Waals surface area contributed by atoms with Crippen LogP contribution in [0.15, 0.2) is 41.3 Å². The first-order valence-corrected chi connectivity index (χ1v) is 10.3. The molecule has 0 radical (unpaired) electrons. The molecule has 0 aliphatic rings. The van der Waals surface area contributed by atoms with E-state index in [9.17, 15) is 13.2 Å². The Morgan fingerprint density at radius 2 is 1.68 bits per heavy atom. The first-order chi connectivity index (χ1) is 13.1. The van der Waals surface area contributed by atoms with Gasteiger partial charge in [0.2, 0.25) is 0 Å². The molecule has 2 rings (SSSR count). The molecule has 0 fully saturated rings. The number of amides is 1. The molecule has 0 bridgehead atoms. The Labute approximate surface area is 166 Å². The first kappa shape index (κ1) is 21.7. The highest BCUT2D eigenvalue weighted by Crippen LogP contribution is 2.27. The number of methoxy groups -OCH3 is 1. The zero-order valence-electron chi connectivity index (χ0n) is 16.7. The van der Waals surface area contributed by atoms with Gasteiger partial charge < -0.3 is 9.47 Å². The number of rotatable bonds is 8. The second-order valence-corrected chi connectivity index (χ2v) is 8.44. The third-order valence-corrected chi connectivity index (χ3v) is 5.35. The predicted octanol–water partition coefficient (Wildman–Crippen LogP) is 2.82. The van der Waals surface area contributed by atoms with Crippen LogP contribution in [0.25, 0.3) is 0 Å². The standard InChI is InChI=1S/C20H26N2O5S/c1-13(2)16-8-6-14(3)10-18(16)27-12-20(23)21-22-28(24,25)19-11-15(4)7-9-17(19)26-5/h6-11,13,22H,12H2,1-5H3,(H,21,23). The van der Waals surface area contributed by atoms with E-state index in [2.05, 4.69) is 10.3 Å². The van der Waals surface area contributed by atoms with Crippen LogP contribution < -0.4 is 19.7 Å². The van der Waals surface area contributed by atoms with E-state index < -0.39 is 15.9 Å². The number of nitrogens with one attached hydrogen (secondary N) is 2. The van der Waals surface area contributed by atoms with Crippen molar-refractivity contribution >= 4 is 15.9 Å². The molecule has 0 aliphatic carbocycles. The number of aryl methyl sites for hydroxylation is 2. The van der Waals surface area contributed by atoms with E-state index in [-0.39, 0.29) is 23.2 Å². The first-order valence-electron chi connectivity index (χ1n) is 8.82. The number of carbonyl (C=O) groups is 1. The molecule has 8 heteroatoms. The minimum Gasteiger partial charge on any atom is -0.495 e. The van der Waals surface area contributed by atoms with Gasteiger partial charge in [-0.3, -0.25) is 10.2 Å². The van der Waals surface area contributed by atoms with Crippen LogP contribution in [0.4, 0.5) is 0 Å². The minimum atomic E-state index is -3.99. The minimum absolute atomic E-state index is 0.0583. The fourth-order valence-corrected chi connectivity index (χ4v) is 3.71. The lowest BCUT2D eigenvalue weighted by Crippen LogP contribution is -2.43. The summed E-state index contributed by atoms with van der Waals surface area (Å²) in [5, 5.41) is 0. The molecule has 0 aromatic heterocycles. The van der Waals surface area contributed by atoms with E-state index in [0.717, 1.165) is 16.7 Å². The van der Waals surface area contributed by atoms with Crippen LogP contribution in [0, 0.1) is 13.8 Å². The summed E-state index contributed by atoms with van der Waals surface area (Å²) in [7, 11) is -2.62. The highest BCUT2D eigenvalue weighted by Gasteiger charge is 2.20. The summed E-state index contributed by atoms with van der Waals surface area (Å²) in [4.78, 5) is 14.1. The van der Waals surface area contributed by atoms with E-state index in [1.807, 2.05) is 39.0 Å². The zero-order valence-corrected chi connectivity index (χ0v) is 17.5. The third-order valence-electron chi connectivity index (χ3n) is 4.08. The molecule has 0 unspecified atom stereocenters. The van der Waals surface area contributed by atoms with Crippen molar-refractivity contribution in [3.63, 3.8) is 0 Å². The molecule has 2 aromatic carbocycles. The Morgan fingerprint density at radius 3 is 2.32 bits per heavy atom. The zero-order chi connectivity index (χ0) is 20.9. The number of hydrazine groups is 1. The highest BCUT2D eigenvalue weighted by atomic mass is 32.2. The smallest absolute Gasteiger partial charge is 0.272 e. The van der Waals surface area contributed by atoms with Crippen molar-refractivity contribution in [3.05, 3.63) is 53.1 Å². The summed E-state index contributed by atoms with van der Waals surface area (Å²) in [6.45, 7) is 7.43. The summed E-state index contributed by atoms with van der Waals surface area (Å²) >= 11 is 0. The molecule has 0 saturated carbocycles. The Balaban J connectivity index is 2.03. The van der Waals surface area contributed by atoms with Crippen LogP contribution in [0.5, 0.6) is 11.5 Å². The summed E-state index contributed by atoms with van der Waals surface area (Å²) < 4.78 is 35.7. The molecule has 2 aromatic rings. The quantitative estimate of drug-likeness (QED) is 0.658. The number of ether oxygens (including phenoxy) is 2. The van der Waals surface area contributed by atoms with Crippen molar-refractivity contribution in [2.75, 3.05) is 13.7 Å².